The van der Waals surface area contributed by atoms with Gasteiger partial charge in [-0.25, -0.2) is 14.6 Å². The molecule has 0 saturated carbocycles. The summed E-state index contributed by atoms with van der Waals surface area (Å²) >= 11 is 1.59. The highest BCUT2D eigenvalue weighted by molar-refractivity contribution is 7.11. The van der Waals surface area contributed by atoms with Gasteiger partial charge in [0.1, 0.15) is 6.04 Å². The number of nitrogens with zero attached hydrogens (tertiary/aromatic N) is 1. The van der Waals surface area contributed by atoms with Gasteiger partial charge in [-0.05, 0) is 19.1 Å². The van der Waals surface area contributed by atoms with Gasteiger partial charge in [0.2, 0.25) is 0 Å². The van der Waals surface area contributed by atoms with Crippen molar-refractivity contribution in [3.63, 3.8) is 0 Å². The molecule has 0 fully saturated rings. The number of rotatable bonds is 6. The minimum absolute atomic E-state index is 0.154. The Kier molecular flexibility index (Phi) is 4.94. The summed E-state index contributed by atoms with van der Waals surface area (Å²) in [4.78, 5) is 31.7. The normalized spacial score (nSPS) is 11.9. The molecule has 0 aliphatic heterocycles. The van der Waals surface area contributed by atoms with Gasteiger partial charge in [0, 0.05) is 28.1 Å². The Morgan fingerprint density at radius 3 is 2.86 bits per heavy atom. The van der Waals surface area contributed by atoms with Crippen molar-refractivity contribution in [3.8, 4) is 0 Å². The molecule has 1 unspecified atom stereocenters. The topological polar surface area (TPSA) is 107 Å². The van der Waals surface area contributed by atoms with Crippen LogP contribution in [0.15, 0.2) is 24.7 Å². The smallest absolute Gasteiger partial charge is 0.326 e. The van der Waals surface area contributed by atoms with Crippen molar-refractivity contribution in [1.29, 1.82) is 0 Å². The van der Waals surface area contributed by atoms with Crippen molar-refractivity contribution in [1.82, 2.24) is 20.6 Å². The monoisotopic (exact) mass is 308 g/mol. The zero-order chi connectivity index (χ0) is 15.2. The van der Waals surface area contributed by atoms with E-state index in [2.05, 4.69) is 20.6 Å². The van der Waals surface area contributed by atoms with Crippen molar-refractivity contribution < 1.29 is 14.7 Å². The summed E-state index contributed by atoms with van der Waals surface area (Å²) in [6.07, 6.45) is 3.15. The number of carbonyl (C=O) groups excluding carboxylic acids is 1. The molecule has 1 atom stereocenters. The van der Waals surface area contributed by atoms with Crippen LogP contribution in [0.25, 0.3) is 0 Å². The summed E-state index contributed by atoms with van der Waals surface area (Å²) in [5, 5.41) is 14.2. The van der Waals surface area contributed by atoms with Gasteiger partial charge in [0.15, 0.2) is 0 Å². The number of urea groups is 1. The number of carboxylic acid groups (broad SMARTS) is 1. The standard InChI is InChI=1S/C13H16N4O3S/c1-8-2-3-10(21-8)6-15-13(20)17-11(12(18)19)4-9-5-14-7-16-9/h2-3,5,7,11H,4,6H2,1H3,(H,14,16)(H,18,19)(H2,15,17,20). The quantitative estimate of drug-likeness (QED) is 0.644. The molecule has 0 saturated heterocycles. The SMILES string of the molecule is Cc1ccc(CNC(=O)NC(Cc2cnc[nH]2)C(=O)O)s1. The number of aromatic amines is 1. The third-order valence-corrected chi connectivity index (χ3v) is 3.80. The second kappa shape index (κ2) is 6.89. The molecular weight excluding hydrogens is 292 g/mol. The predicted octanol–water partition coefficient (Wildman–Crippen LogP) is 1.27. The summed E-state index contributed by atoms with van der Waals surface area (Å²) in [6.45, 7) is 2.36. The van der Waals surface area contributed by atoms with Crippen LogP contribution < -0.4 is 10.6 Å². The first-order chi connectivity index (χ1) is 10.0. The molecule has 2 aromatic heterocycles. The summed E-state index contributed by atoms with van der Waals surface area (Å²) in [6, 6.07) is 2.39. The number of aromatic nitrogens is 2. The average molecular weight is 308 g/mol. The predicted molar refractivity (Wildman–Crippen MR) is 78.1 cm³/mol. The molecule has 0 radical (unpaired) electrons. The largest absolute Gasteiger partial charge is 0.480 e. The molecule has 2 amide bonds. The zero-order valence-electron chi connectivity index (χ0n) is 11.4. The minimum Gasteiger partial charge on any atom is -0.480 e. The Balaban J connectivity index is 1.84. The van der Waals surface area contributed by atoms with E-state index >= 15 is 0 Å². The van der Waals surface area contributed by atoms with Gasteiger partial charge >= 0.3 is 12.0 Å². The molecule has 0 aromatic carbocycles. The molecule has 0 bridgehead atoms. The fraction of sp³-hybridized carbons (Fsp3) is 0.308. The van der Waals surface area contributed by atoms with Crippen LogP contribution in [-0.4, -0.2) is 33.1 Å². The summed E-state index contributed by atoms with van der Waals surface area (Å²) in [5.41, 5.74) is 0.650. The van der Waals surface area contributed by atoms with E-state index in [1.165, 1.54) is 12.5 Å². The number of imidazole rings is 1. The van der Waals surface area contributed by atoms with Crippen LogP contribution in [0.4, 0.5) is 4.79 Å². The van der Waals surface area contributed by atoms with Crippen LogP contribution >= 0.6 is 11.3 Å². The van der Waals surface area contributed by atoms with E-state index in [4.69, 9.17) is 5.11 Å². The number of nitrogens with one attached hydrogen (secondary N) is 3. The van der Waals surface area contributed by atoms with Crippen LogP contribution in [0.2, 0.25) is 0 Å². The molecule has 2 rings (SSSR count). The van der Waals surface area contributed by atoms with Crippen LogP contribution in [0, 0.1) is 6.92 Å². The molecule has 21 heavy (non-hydrogen) atoms. The molecule has 0 spiro atoms. The first kappa shape index (κ1) is 15.0. The number of carboxylic acids is 1. The number of hydrogen-bond acceptors (Lipinski definition) is 4. The fourth-order valence-electron chi connectivity index (χ4n) is 1.77. The minimum atomic E-state index is -1.09. The summed E-state index contributed by atoms with van der Waals surface area (Å²) in [7, 11) is 0. The van der Waals surface area contributed by atoms with E-state index in [0.717, 1.165) is 9.75 Å². The molecule has 7 nitrogen and oxygen atoms in total. The van der Waals surface area contributed by atoms with Gasteiger partial charge in [0.05, 0.1) is 12.9 Å². The Morgan fingerprint density at radius 2 is 2.29 bits per heavy atom. The highest BCUT2D eigenvalue weighted by Gasteiger charge is 2.20. The van der Waals surface area contributed by atoms with Crippen molar-refractivity contribution >= 4 is 23.3 Å². The van der Waals surface area contributed by atoms with Crippen molar-refractivity contribution in [3.05, 3.63) is 40.1 Å². The lowest BCUT2D eigenvalue weighted by Crippen LogP contribution is -2.46. The lowest BCUT2D eigenvalue weighted by Gasteiger charge is -2.14. The van der Waals surface area contributed by atoms with Crippen LogP contribution in [-0.2, 0) is 17.8 Å². The van der Waals surface area contributed by atoms with Crippen LogP contribution in [0.1, 0.15) is 15.4 Å². The van der Waals surface area contributed by atoms with Crippen molar-refractivity contribution in [2.45, 2.75) is 25.9 Å². The van der Waals surface area contributed by atoms with Gasteiger partial charge in [-0.3, -0.25) is 0 Å². The second-order valence-corrected chi connectivity index (χ2v) is 5.88. The fourth-order valence-corrected chi connectivity index (χ4v) is 2.60. The van der Waals surface area contributed by atoms with E-state index in [1.807, 2.05) is 19.1 Å². The van der Waals surface area contributed by atoms with Gasteiger partial charge in [0.25, 0.3) is 0 Å². The number of aryl methyl sites for hydroxylation is 1. The van der Waals surface area contributed by atoms with Crippen molar-refractivity contribution in [2.24, 2.45) is 0 Å². The number of carbonyl (C=O) groups is 2. The van der Waals surface area contributed by atoms with Crippen LogP contribution in [0.5, 0.6) is 0 Å². The van der Waals surface area contributed by atoms with E-state index < -0.39 is 18.0 Å². The Morgan fingerprint density at radius 1 is 1.48 bits per heavy atom. The second-order valence-electron chi connectivity index (χ2n) is 4.51. The Labute approximate surface area is 125 Å². The highest BCUT2D eigenvalue weighted by atomic mass is 32.1. The van der Waals surface area contributed by atoms with E-state index in [0.29, 0.717) is 12.2 Å². The molecule has 2 heterocycles. The van der Waals surface area contributed by atoms with Gasteiger partial charge in [-0.2, -0.15) is 0 Å². The maximum Gasteiger partial charge on any atom is 0.326 e. The Bertz CT molecular complexity index is 609. The molecule has 0 aliphatic rings. The van der Waals surface area contributed by atoms with Gasteiger partial charge < -0.3 is 20.7 Å². The maximum absolute atomic E-state index is 11.8. The number of H-pyrrole nitrogens is 1. The maximum atomic E-state index is 11.8. The Hall–Kier alpha value is -2.35. The first-order valence-corrected chi connectivity index (χ1v) is 7.16. The number of amides is 2. The lowest BCUT2D eigenvalue weighted by atomic mass is 10.2. The lowest BCUT2D eigenvalue weighted by molar-refractivity contribution is -0.139. The number of aliphatic carboxylic acids is 1. The molecule has 112 valence electrons. The van der Waals surface area contributed by atoms with Crippen molar-refractivity contribution in [2.75, 3.05) is 0 Å². The number of thiophene rings is 1. The zero-order valence-corrected chi connectivity index (χ0v) is 12.2. The third kappa shape index (κ3) is 4.60. The summed E-state index contributed by atoms with van der Waals surface area (Å²) in [5.74, 6) is -1.09. The van der Waals surface area contributed by atoms with Gasteiger partial charge in [-0.15, -0.1) is 11.3 Å². The summed E-state index contributed by atoms with van der Waals surface area (Å²) < 4.78 is 0. The molecular formula is C13H16N4O3S. The third-order valence-electron chi connectivity index (χ3n) is 2.80. The molecule has 0 aliphatic carbocycles. The highest BCUT2D eigenvalue weighted by Crippen LogP contribution is 2.14. The molecule has 2 aromatic rings. The van der Waals surface area contributed by atoms with Gasteiger partial charge in [-0.1, -0.05) is 0 Å². The van der Waals surface area contributed by atoms with E-state index in [-0.39, 0.29) is 6.42 Å². The van der Waals surface area contributed by atoms with E-state index in [9.17, 15) is 9.59 Å². The van der Waals surface area contributed by atoms with E-state index in [1.54, 1.807) is 11.3 Å². The average Bonchev–Trinajstić information content (AvgIpc) is 3.07. The number of hydrogen-bond donors (Lipinski definition) is 4. The molecule has 8 heteroatoms. The van der Waals surface area contributed by atoms with Crippen LogP contribution in [0.3, 0.4) is 0 Å². The molecule has 4 N–H and O–H groups in total. The first-order valence-electron chi connectivity index (χ1n) is 6.34.